The molecule has 2 saturated carbocycles. The first-order valence-corrected chi connectivity index (χ1v) is 9.64. The fourth-order valence-electron chi connectivity index (χ4n) is 4.73. The first-order chi connectivity index (χ1) is 11.7. The van der Waals surface area contributed by atoms with Gasteiger partial charge >= 0.3 is 5.97 Å². The van der Waals surface area contributed by atoms with Gasteiger partial charge in [-0.2, -0.15) is 0 Å². The number of rotatable bonds is 4. The van der Waals surface area contributed by atoms with Crippen LogP contribution in [-0.4, -0.2) is 12.7 Å². The van der Waals surface area contributed by atoms with E-state index in [0.717, 1.165) is 17.8 Å². The van der Waals surface area contributed by atoms with Crippen LogP contribution in [0.3, 0.4) is 0 Å². The number of nitrogens with two attached hydrogens (primary N) is 1. The average molecular weight is 329 g/mol. The van der Waals surface area contributed by atoms with Crippen LogP contribution in [-0.2, 0) is 4.74 Å². The smallest absolute Gasteiger partial charge is 0.339 e. The minimum Gasteiger partial charge on any atom is -0.446 e. The van der Waals surface area contributed by atoms with E-state index in [-0.39, 0.29) is 12.7 Å². The molecular formula is C21H31NO2. The Balaban J connectivity index is 1.52. The van der Waals surface area contributed by atoms with Gasteiger partial charge in [0.1, 0.15) is 6.73 Å². The maximum atomic E-state index is 11.7. The number of hydrogen-bond acceptors (Lipinski definition) is 3. The van der Waals surface area contributed by atoms with E-state index >= 15 is 0 Å². The highest BCUT2D eigenvalue weighted by atomic mass is 16.5. The van der Waals surface area contributed by atoms with Crippen molar-refractivity contribution in [3.05, 3.63) is 35.4 Å². The maximum Gasteiger partial charge on any atom is 0.339 e. The fourth-order valence-corrected chi connectivity index (χ4v) is 4.73. The van der Waals surface area contributed by atoms with E-state index in [9.17, 15) is 4.79 Å². The molecule has 0 amide bonds. The van der Waals surface area contributed by atoms with Gasteiger partial charge in [0.05, 0.1) is 5.56 Å². The summed E-state index contributed by atoms with van der Waals surface area (Å²) in [5, 5.41) is 0. The number of esters is 1. The van der Waals surface area contributed by atoms with E-state index in [4.69, 9.17) is 10.5 Å². The number of carbonyl (C=O) groups excluding carboxylic acids is 1. The molecule has 1 aromatic carbocycles. The highest BCUT2D eigenvalue weighted by Crippen LogP contribution is 2.43. The van der Waals surface area contributed by atoms with Crippen molar-refractivity contribution in [3.63, 3.8) is 0 Å². The first kappa shape index (κ1) is 17.5. The summed E-state index contributed by atoms with van der Waals surface area (Å²) in [6, 6.07) is 7.95. The van der Waals surface area contributed by atoms with Crippen molar-refractivity contribution in [1.29, 1.82) is 0 Å². The van der Waals surface area contributed by atoms with E-state index < -0.39 is 0 Å². The molecule has 0 unspecified atom stereocenters. The Kier molecular flexibility index (Phi) is 5.94. The Morgan fingerprint density at radius 1 is 0.958 bits per heavy atom. The van der Waals surface area contributed by atoms with Gasteiger partial charge in [0.15, 0.2) is 0 Å². The van der Waals surface area contributed by atoms with Gasteiger partial charge in [-0.15, -0.1) is 0 Å². The highest BCUT2D eigenvalue weighted by molar-refractivity contribution is 5.89. The standard InChI is InChI=1S/C21H31NO2/c1-15-2-4-16(5-3-15)17-6-8-18(9-7-17)19-10-12-20(13-11-19)21(23)24-14-22/h10-13,15-18H,2-9,14,22H2,1H3. The predicted octanol–water partition coefficient (Wildman–Crippen LogP) is 4.86. The van der Waals surface area contributed by atoms with Crippen LogP contribution in [0.1, 0.15) is 80.1 Å². The maximum absolute atomic E-state index is 11.7. The molecule has 0 aromatic heterocycles. The zero-order valence-electron chi connectivity index (χ0n) is 14.9. The SMILES string of the molecule is CC1CCC(C2CCC(c3ccc(C(=O)OCN)cc3)CC2)CC1. The van der Waals surface area contributed by atoms with Crippen molar-refractivity contribution in [1.82, 2.24) is 0 Å². The van der Waals surface area contributed by atoms with Crippen molar-refractivity contribution in [2.45, 2.75) is 64.2 Å². The van der Waals surface area contributed by atoms with E-state index in [2.05, 4.69) is 19.1 Å². The Labute approximate surface area is 146 Å². The lowest BCUT2D eigenvalue weighted by atomic mass is 9.68. The molecule has 3 heteroatoms. The number of ether oxygens (including phenoxy) is 1. The number of benzene rings is 1. The van der Waals surface area contributed by atoms with Crippen LogP contribution in [0.15, 0.2) is 24.3 Å². The first-order valence-electron chi connectivity index (χ1n) is 9.64. The predicted molar refractivity (Wildman–Crippen MR) is 96.7 cm³/mol. The lowest BCUT2D eigenvalue weighted by molar-refractivity contribution is 0.0515. The summed E-state index contributed by atoms with van der Waals surface area (Å²) in [7, 11) is 0. The van der Waals surface area contributed by atoms with Crippen molar-refractivity contribution in [2.75, 3.05) is 6.73 Å². The quantitative estimate of drug-likeness (QED) is 0.634. The summed E-state index contributed by atoms with van der Waals surface area (Å²) >= 11 is 0. The van der Waals surface area contributed by atoms with Gasteiger partial charge in [0, 0.05) is 0 Å². The minimum absolute atomic E-state index is 0.0649. The summed E-state index contributed by atoms with van der Waals surface area (Å²) in [4.78, 5) is 11.7. The van der Waals surface area contributed by atoms with Gasteiger partial charge in [0.2, 0.25) is 0 Å². The van der Waals surface area contributed by atoms with E-state index in [1.54, 1.807) is 0 Å². The highest BCUT2D eigenvalue weighted by Gasteiger charge is 2.30. The second-order valence-corrected chi connectivity index (χ2v) is 7.85. The van der Waals surface area contributed by atoms with E-state index in [0.29, 0.717) is 11.5 Å². The zero-order chi connectivity index (χ0) is 16.9. The molecule has 2 aliphatic carbocycles. The van der Waals surface area contributed by atoms with Crippen LogP contribution in [0, 0.1) is 17.8 Å². The molecule has 0 bridgehead atoms. The van der Waals surface area contributed by atoms with Crippen LogP contribution < -0.4 is 5.73 Å². The van der Waals surface area contributed by atoms with Crippen molar-refractivity contribution < 1.29 is 9.53 Å². The monoisotopic (exact) mass is 329 g/mol. The van der Waals surface area contributed by atoms with Gasteiger partial charge in [0.25, 0.3) is 0 Å². The summed E-state index contributed by atoms with van der Waals surface area (Å²) in [5.74, 6) is 3.20. The third-order valence-electron chi connectivity index (χ3n) is 6.33. The molecule has 2 aliphatic rings. The lowest BCUT2D eigenvalue weighted by Crippen LogP contribution is -2.24. The molecule has 132 valence electrons. The molecule has 0 saturated heterocycles. The fraction of sp³-hybridized carbons (Fsp3) is 0.667. The van der Waals surface area contributed by atoms with Crippen molar-refractivity contribution in [2.24, 2.45) is 23.5 Å². The molecule has 3 rings (SSSR count). The molecule has 0 heterocycles. The van der Waals surface area contributed by atoms with Gasteiger partial charge in [-0.05, 0) is 79.9 Å². The Bertz CT molecular complexity index is 523. The summed E-state index contributed by atoms with van der Waals surface area (Å²) in [6.07, 6.45) is 11.1. The lowest BCUT2D eigenvalue weighted by Gasteiger charge is -2.37. The van der Waals surface area contributed by atoms with Crippen LogP contribution in [0.5, 0.6) is 0 Å². The van der Waals surface area contributed by atoms with Gasteiger partial charge < -0.3 is 4.74 Å². The van der Waals surface area contributed by atoms with Crippen LogP contribution in [0.25, 0.3) is 0 Å². The van der Waals surface area contributed by atoms with Gasteiger partial charge in [-0.25, -0.2) is 4.79 Å². The average Bonchev–Trinajstić information content (AvgIpc) is 2.63. The molecule has 0 radical (unpaired) electrons. The molecule has 0 aliphatic heterocycles. The molecule has 0 spiro atoms. The third kappa shape index (κ3) is 4.18. The van der Waals surface area contributed by atoms with Crippen molar-refractivity contribution >= 4 is 5.97 Å². The van der Waals surface area contributed by atoms with E-state index in [1.807, 2.05) is 12.1 Å². The molecule has 3 nitrogen and oxygen atoms in total. The summed E-state index contributed by atoms with van der Waals surface area (Å²) in [5.41, 5.74) is 7.21. The summed E-state index contributed by atoms with van der Waals surface area (Å²) < 4.78 is 4.84. The van der Waals surface area contributed by atoms with Crippen LogP contribution in [0.4, 0.5) is 0 Å². The van der Waals surface area contributed by atoms with Crippen molar-refractivity contribution in [3.8, 4) is 0 Å². The molecule has 2 fully saturated rings. The molecule has 2 N–H and O–H groups in total. The summed E-state index contributed by atoms with van der Waals surface area (Å²) in [6.45, 7) is 2.34. The second-order valence-electron chi connectivity index (χ2n) is 7.85. The molecule has 1 aromatic rings. The molecular weight excluding hydrogens is 298 g/mol. The Hall–Kier alpha value is -1.35. The van der Waals surface area contributed by atoms with E-state index in [1.165, 1.54) is 56.9 Å². The molecule has 24 heavy (non-hydrogen) atoms. The Morgan fingerprint density at radius 3 is 2.04 bits per heavy atom. The van der Waals surface area contributed by atoms with Crippen LogP contribution >= 0.6 is 0 Å². The Morgan fingerprint density at radius 2 is 1.50 bits per heavy atom. The normalized spacial score (nSPS) is 30.8. The minimum atomic E-state index is -0.334. The number of hydrogen-bond donors (Lipinski definition) is 1. The van der Waals surface area contributed by atoms with Gasteiger partial charge in [-0.1, -0.05) is 31.9 Å². The third-order valence-corrected chi connectivity index (χ3v) is 6.33. The topological polar surface area (TPSA) is 52.3 Å². The van der Waals surface area contributed by atoms with Gasteiger partial charge in [-0.3, -0.25) is 5.73 Å². The molecule has 0 atom stereocenters. The number of carbonyl (C=O) groups is 1. The largest absolute Gasteiger partial charge is 0.446 e. The zero-order valence-corrected chi connectivity index (χ0v) is 14.9. The second kappa shape index (κ2) is 8.15. The van der Waals surface area contributed by atoms with Crippen LogP contribution in [0.2, 0.25) is 0 Å².